The summed E-state index contributed by atoms with van der Waals surface area (Å²) in [5.41, 5.74) is -1.26. The summed E-state index contributed by atoms with van der Waals surface area (Å²) in [5, 5.41) is 3.03. The highest BCUT2D eigenvalue weighted by molar-refractivity contribution is 5.70. The van der Waals surface area contributed by atoms with Crippen LogP contribution >= 0.6 is 0 Å². The van der Waals surface area contributed by atoms with Crippen molar-refractivity contribution in [2.75, 3.05) is 20.1 Å². The molecule has 7 heteroatoms. The first-order chi connectivity index (χ1) is 10.9. The van der Waals surface area contributed by atoms with E-state index in [9.17, 15) is 14.4 Å². The van der Waals surface area contributed by atoms with Crippen molar-refractivity contribution in [3.63, 3.8) is 0 Å². The summed E-state index contributed by atoms with van der Waals surface area (Å²) in [6, 6.07) is 0. The third kappa shape index (κ3) is 8.86. The minimum Gasteiger partial charge on any atom is -0.462 e. The normalized spacial score (nSPS) is 17.2. The number of carbonyl (C=O) groups is 3. The first-order valence-corrected chi connectivity index (χ1v) is 8.13. The Labute approximate surface area is 145 Å². The summed E-state index contributed by atoms with van der Waals surface area (Å²) in [5.74, 6) is 0. The zero-order valence-corrected chi connectivity index (χ0v) is 16.0. The van der Waals surface area contributed by atoms with Crippen molar-refractivity contribution >= 4 is 18.9 Å². The molecule has 140 valence electrons. The van der Waals surface area contributed by atoms with Gasteiger partial charge in [-0.15, -0.1) is 0 Å². The lowest BCUT2D eigenvalue weighted by Crippen LogP contribution is -2.54. The van der Waals surface area contributed by atoms with Crippen LogP contribution in [0.15, 0.2) is 0 Å². The van der Waals surface area contributed by atoms with E-state index in [-0.39, 0.29) is 11.7 Å². The van der Waals surface area contributed by atoms with Crippen molar-refractivity contribution in [1.29, 1.82) is 0 Å². The number of hydrogen-bond acceptors (Lipinski definition) is 6. The molecule has 0 aliphatic carbocycles. The Balaban J connectivity index is 0.000000640. The van der Waals surface area contributed by atoms with Crippen LogP contribution in [0.25, 0.3) is 0 Å². The zero-order valence-electron chi connectivity index (χ0n) is 16.0. The van der Waals surface area contributed by atoms with E-state index in [2.05, 4.69) is 10.1 Å². The Morgan fingerprint density at radius 1 is 1.04 bits per heavy atom. The van der Waals surface area contributed by atoms with Crippen LogP contribution in [0.4, 0.5) is 4.79 Å². The minimum absolute atomic E-state index is 0.298. The smallest absolute Gasteiger partial charge is 0.410 e. The van der Waals surface area contributed by atoms with Gasteiger partial charge in [-0.1, -0.05) is 0 Å². The number of hydrogen-bond donors (Lipinski definition) is 1. The number of nitrogens with one attached hydrogen (secondary N) is 1. The molecule has 0 aromatic heterocycles. The van der Waals surface area contributed by atoms with Gasteiger partial charge in [0.2, 0.25) is 0 Å². The van der Waals surface area contributed by atoms with Gasteiger partial charge in [0.1, 0.15) is 17.5 Å². The van der Waals surface area contributed by atoms with Gasteiger partial charge in [0.05, 0.1) is 5.54 Å². The van der Waals surface area contributed by atoms with Gasteiger partial charge in [0.25, 0.3) is 6.47 Å². The lowest BCUT2D eigenvalue weighted by Gasteiger charge is -2.38. The molecule has 0 bridgehead atoms. The first kappa shape index (κ1) is 22.4. The van der Waals surface area contributed by atoms with Crippen molar-refractivity contribution in [2.24, 2.45) is 0 Å². The molecule has 1 aliphatic heterocycles. The van der Waals surface area contributed by atoms with Gasteiger partial charge >= 0.3 is 6.09 Å². The fourth-order valence-electron chi connectivity index (χ4n) is 1.99. The van der Waals surface area contributed by atoms with E-state index in [1.54, 1.807) is 11.9 Å². The maximum absolute atomic E-state index is 11.8. The number of nitrogens with zero attached hydrogens (tertiary/aromatic N) is 1. The Hall–Kier alpha value is -1.63. The van der Waals surface area contributed by atoms with E-state index in [4.69, 9.17) is 4.74 Å². The second kappa shape index (κ2) is 9.01. The molecule has 7 nitrogen and oxygen atoms in total. The standard InChI is InChI=1S/C12H22N2O3.C5H10O2/c1-11(2,3)17-10(16)14-7-5-12(9-15,13-4)6-8-14;1-5(2,3)7-4-6/h9,13H,5-8H2,1-4H3;4H,1-3H3. The Morgan fingerprint density at radius 3 is 1.79 bits per heavy atom. The van der Waals surface area contributed by atoms with Crippen molar-refractivity contribution in [2.45, 2.75) is 71.1 Å². The molecule has 0 spiro atoms. The fraction of sp³-hybridized carbons (Fsp3) is 0.824. The topological polar surface area (TPSA) is 84.9 Å². The maximum atomic E-state index is 11.8. The third-order valence-corrected chi connectivity index (χ3v) is 3.43. The predicted molar refractivity (Wildman–Crippen MR) is 91.8 cm³/mol. The predicted octanol–water partition coefficient (Wildman–Crippen LogP) is 2.13. The van der Waals surface area contributed by atoms with E-state index in [0.29, 0.717) is 32.4 Å². The summed E-state index contributed by atoms with van der Waals surface area (Å²) < 4.78 is 9.84. The molecule has 1 N–H and O–H groups in total. The van der Waals surface area contributed by atoms with E-state index < -0.39 is 11.1 Å². The molecule has 1 saturated heterocycles. The molecule has 0 saturated carbocycles. The van der Waals surface area contributed by atoms with Gasteiger partial charge in [0, 0.05) is 13.1 Å². The first-order valence-electron chi connectivity index (χ1n) is 8.13. The minimum atomic E-state index is -0.474. The average molecular weight is 344 g/mol. The number of carbonyl (C=O) groups excluding carboxylic acids is 3. The summed E-state index contributed by atoms with van der Waals surface area (Å²) >= 11 is 0. The molecular weight excluding hydrogens is 312 g/mol. The Morgan fingerprint density at radius 2 is 1.54 bits per heavy atom. The molecule has 1 rings (SSSR count). The second-order valence-corrected chi connectivity index (χ2v) is 7.82. The second-order valence-electron chi connectivity index (χ2n) is 7.82. The number of piperidine rings is 1. The van der Waals surface area contributed by atoms with Crippen LogP contribution in [-0.2, 0) is 19.1 Å². The van der Waals surface area contributed by atoms with Crippen LogP contribution < -0.4 is 5.32 Å². The van der Waals surface area contributed by atoms with Crippen molar-refractivity contribution in [1.82, 2.24) is 10.2 Å². The van der Waals surface area contributed by atoms with Gasteiger partial charge in [-0.3, -0.25) is 4.79 Å². The number of aldehydes is 1. The van der Waals surface area contributed by atoms with Gasteiger partial charge in [0.15, 0.2) is 0 Å². The Kier molecular flexibility index (Phi) is 8.40. The third-order valence-electron chi connectivity index (χ3n) is 3.43. The van der Waals surface area contributed by atoms with E-state index in [1.807, 2.05) is 41.5 Å². The average Bonchev–Trinajstić information content (AvgIpc) is 2.45. The number of amides is 1. The Bertz CT molecular complexity index is 416. The largest absolute Gasteiger partial charge is 0.462 e. The van der Waals surface area contributed by atoms with Crippen LogP contribution in [0.5, 0.6) is 0 Å². The van der Waals surface area contributed by atoms with Gasteiger partial charge in [-0.05, 0) is 61.4 Å². The van der Waals surface area contributed by atoms with E-state index in [1.165, 1.54) is 0 Å². The van der Waals surface area contributed by atoms with Gasteiger partial charge in [-0.2, -0.15) is 0 Å². The highest BCUT2D eigenvalue weighted by atomic mass is 16.6. The van der Waals surface area contributed by atoms with Crippen LogP contribution in [0.2, 0.25) is 0 Å². The molecule has 1 aliphatic rings. The van der Waals surface area contributed by atoms with Crippen LogP contribution in [0, 0.1) is 0 Å². The van der Waals surface area contributed by atoms with Crippen LogP contribution in [-0.4, -0.2) is 60.6 Å². The van der Waals surface area contributed by atoms with E-state index in [0.717, 1.165) is 6.29 Å². The van der Waals surface area contributed by atoms with Gasteiger partial charge in [-0.25, -0.2) is 4.79 Å². The summed E-state index contributed by atoms with van der Waals surface area (Å²) in [7, 11) is 1.78. The lowest BCUT2D eigenvalue weighted by molar-refractivity contribution is -0.138. The quantitative estimate of drug-likeness (QED) is 0.790. The monoisotopic (exact) mass is 344 g/mol. The molecule has 1 amide bonds. The van der Waals surface area contributed by atoms with E-state index >= 15 is 0 Å². The molecule has 24 heavy (non-hydrogen) atoms. The zero-order chi connectivity index (χ0) is 19.0. The summed E-state index contributed by atoms with van der Waals surface area (Å²) in [6.07, 6.45) is 1.91. The molecule has 0 unspecified atom stereocenters. The fourth-order valence-corrected chi connectivity index (χ4v) is 1.99. The number of ether oxygens (including phenoxy) is 2. The van der Waals surface area contributed by atoms with Gasteiger partial charge < -0.3 is 24.5 Å². The highest BCUT2D eigenvalue weighted by Crippen LogP contribution is 2.21. The number of likely N-dealkylation sites (tertiary alicyclic amines) is 1. The number of rotatable bonds is 3. The summed E-state index contributed by atoms with van der Waals surface area (Å²) in [6.45, 7) is 12.6. The maximum Gasteiger partial charge on any atom is 0.410 e. The SMILES string of the molecule is CC(C)(C)OC=O.CNC1(C=O)CCN(C(=O)OC(C)(C)C)CC1. The molecule has 0 aromatic carbocycles. The van der Waals surface area contributed by atoms with Crippen molar-refractivity contribution in [3.8, 4) is 0 Å². The van der Waals surface area contributed by atoms with Crippen molar-refractivity contribution in [3.05, 3.63) is 0 Å². The van der Waals surface area contributed by atoms with Crippen LogP contribution in [0.1, 0.15) is 54.4 Å². The molecule has 0 radical (unpaired) electrons. The van der Waals surface area contributed by atoms with Crippen LogP contribution in [0.3, 0.4) is 0 Å². The molecule has 1 fully saturated rings. The lowest BCUT2D eigenvalue weighted by atomic mass is 9.89. The molecule has 1 heterocycles. The number of likely N-dealkylation sites (N-methyl/N-ethyl adjacent to an activating group) is 1. The molecule has 0 aromatic rings. The highest BCUT2D eigenvalue weighted by Gasteiger charge is 2.35. The van der Waals surface area contributed by atoms with Crippen molar-refractivity contribution < 1.29 is 23.9 Å². The summed E-state index contributed by atoms with van der Waals surface area (Å²) in [4.78, 5) is 34.1. The molecule has 0 atom stereocenters. The molecular formula is C17H32N2O5.